The van der Waals surface area contributed by atoms with Crippen molar-refractivity contribution >= 4 is 5.91 Å². The van der Waals surface area contributed by atoms with Gasteiger partial charge < -0.3 is 4.90 Å². The predicted octanol–water partition coefficient (Wildman–Crippen LogP) is 4.70. The number of benzene rings is 1. The van der Waals surface area contributed by atoms with Crippen LogP contribution in [0.1, 0.15) is 57.3 Å². The number of aryl methyl sites for hydroxylation is 2. The topological polar surface area (TPSA) is 46.1 Å². The summed E-state index contributed by atoms with van der Waals surface area (Å²) in [6.45, 7) is 5.68. The highest BCUT2D eigenvalue weighted by Crippen LogP contribution is 2.28. The third-order valence-electron chi connectivity index (χ3n) is 5.53. The molecule has 1 amide bonds. The van der Waals surface area contributed by atoms with Gasteiger partial charge in [0.25, 0.3) is 5.91 Å². The fourth-order valence-electron chi connectivity index (χ4n) is 4.19. The minimum atomic E-state index is 0.0166. The van der Waals surface area contributed by atoms with Crippen LogP contribution in [0.5, 0.6) is 0 Å². The Bertz CT molecular complexity index is 1000. The highest BCUT2D eigenvalue weighted by molar-refractivity contribution is 5.92. The summed E-state index contributed by atoms with van der Waals surface area (Å²) in [5.74, 6) is 0.288. The molecule has 148 valence electrons. The second-order valence-corrected chi connectivity index (χ2v) is 8.01. The van der Waals surface area contributed by atoms with E-state index in [1.165, 1.54) is 16.7 Å². The molecule has 4 rings (SSSR count). The number of aromatic nitrogens is 2. The number of likely N-dealkylation sites (tertiary alicyclic amines) is 1. The van der Waals surface area contributed by atoms with E-state index in [0.717, 1.165) is 37.2 Å². The van der Waals surface area contributed by atoms with E-state index in [4.69, 9.17) is 4.98 Å². The standard InChI is InChI=1S/C25H27N3O/c1-18-7-5-8-20(13-18)15-21-14-19(2)27-24(16-21)22-9-6-12-28(17-22)25(29)23-10-3-4-11-26-23/h3-5,7-8,10-11,13-14,16,22H,6,9,12,15,17H2,1-2H3. The molecule has 4 heteroatoms. The Hall–Kier alpha value is -3.01. The van der Waals surface area contributed by atoms with E-state index in [-0.39, 0.29) is 11.8 Å². The second-order valence-electron chi connectivity index (χ2n) is 8.01. The number of hydrogen-bond donors (Lipinski definition) is 0. The lowest BCUT2D eigenvalue weighted by atomic mass is 9.92. The molecule has 1 aliphatic rings. The SMILES string of the molecule is Cc1cccc(Cc2cc(C)nc(C3CCCN(C(=O)c4ccccn4)C3)c2)c1. The Balaban J connectivity index is 1.53. The van der Waals surface area contributed by atoms with Crippen LogP contribution in [0, 0.1) is 13.8 Å². The molecule has 2 aromatic heterocycles. The van der Waals surface area contributed by atoms with Crippen LogP contribution in [0.2, 0.25) is 0 Å². The Morgan fingerprint density at radius 2 is 1.97 bits per heavy atom. The molecule has 1 fully saturated rings. The first-order valence-electron chi connectivity index (χ1n) is 10.3. The van der Waals surface area contributed by atoms with E-state index < -0.39 is 0 Å². The van der Waals surface area contributed by atoms with Crippen molar-refractivity contribution in [2.45, 2.75) is 39.0 Å². The molecular weight excluding hydrogens is 358 g/mol. The van der Waals surface area contributed by atoms with Crippen molar-refractivity contribution in [2.75, 3.05) is 13.1 Å². The molecule has 1 atom stereocenters. The van der Waals surface area contributed by atoms with Crippen molar-refractivity contribution in [3.05, 3.63) is 94.6 Å². The van der Waals surface area contributed by atoms with Crippen molar-refractivity contribution in [1.82, 2.24) is 14.9 Å². The van der Waals surface area contributed by atoms with Crippen molar-refractivity contribution in [2.24, 2.45) is 0 Å². The highest BCUT2D eigenvalue weighted by atomic mass is 16.2. The quantitative estimate of drug-likeness (QED) is 0.654. The van der Waals surface area contributed by atoms with Gasteiger partial charge in [0.15, 0.2) is 0 Å². The zero-order valence-corrected chi connectivity index (χ0v) is 17.1. The lowest BCUT2D eigenvalue weighted by Gasteiger charge is -2.32. The number of piperidine rings is 1. The Kier molecular flexibility index (Phi) is 5.70. The van der Waals surface area contributed by atoms with Crippen LogP contribution in [0.4, 0.5) is 0 Å². The number of amides is 1. The molecule has 1 unspecified atom stereocenters. The van der Waals surface area contributed by atoms with Gasteiger partial charge in [-0.3, -0.25) is 14.8 Å². The third-order valence-corrected chi connectivity index (χ3v) is 5.53. The first-order valence-corrected chi connectivity index (χ1v) is 10.3. The Morgan fingerprint density at radius 1 is 1.07 bits per heavy atom. The van der Waals surface area contributed by atoms with E-state index in [2.05, 4.69) is 55.2 Å². The van der Waals surface area contributed by atoms with Crippen LogP contribution in [0.25, 0.3) is 0 Å². The van der Waals surface area contributed by atoms with Crippen LogP contribution in [-0.4, -0.2) is 33.9 Å². The van der Waals surface area contributed by atoms with Crippen molar-refractivity contribution < 1.29 is 4.79 Å². The molecule has 1 aliphatic heterocycles. The van der Waals surface area contributed by atoms with Gasteiger partial charge in [-0.15, -0.1) is 0 Å². The maximum Gasteiger partial charge on any atom is 0.272 e. The van der Waals surface area contributed by atoms with Gasteiger partial charge in [-0.1, -0.05) is 35.9 Å². The van der Waals surface area contributed by atoms with Gasteiger partial charge in [0, 0.05) is 36.6 Å². The van der Waals surface area contributed by atoms with Crippen LogP contribution in [0.3, 0.4) is 0 Å². The Labute approximate surface area is 172 Å². The number of carbonyl (C=O) groups is 1. The number of hydrogen-bond acceptors (Lipinski definition) is 3. The van der Waals surface area contributed by atoms with Crippen molar-refractivity contribution in [3.63, 3.8) is 0 Å². The number of carbonyl (C=O) groups excluding carboxylic acids is 1. The summed E-state index contributed by atoms with van der Waals surface area (Å²) < 4.78 is 0. The highest BCUT2D eigenvalue weighted by Gasteiger charge is 2.27. The van der Waals surface area contributed by atoms with Crippen LogP contribution >= 0.6 is 0 Å². The molecule has 1 saturated heterocycles. The van der Waals surface area contributed by atoms with Gasteiger partial charge in [-0.25, -0.2) is 0 Å². The van der Waals surface area contributed by atoms with Gasteiger partial charge in [-0.05, 0) is 68.5 Å². The average molecular weight is 386 g/mol. The lowest BCUT2D eigenvalue weighted by Crippen LogP contribution is -2.39. The zero-order valence-electron chi connectivity index (χ0n) is 17.1. The summed E-state index contributed by atoms with van der Waals surface area (Å²) in [4.78, 5) is 23.8. The summed E-state index contributed by atoms with van der Waals surface area (Å²) in [5, 5.41) is 0. The van der Waals surface area contributed by atoms with E-state index in [1.807, 2.05) is 17.0 Å². The average Bonchev–Trinajstić information content (AvgIpc) is 2.73. The maximum absolute atomic E-state index is 12.8. The van der Waals surface area contributed by atoms with Crippen LogP contribution in [0.15, 0.2) is 60.8 Å². The second kappa shape index (κ2) is 8.56. The normalized spacial score (nSPS) is 16.6. The minimum absolute atomic E-state index is 0.0166. The number of nitrogens with zero attached hydrogens (tertiary/aromatic N) is 3. The molecule has 4 nitrogen and oxygen atoms in total. The van der Waals surface area contributed by atoms with Crippen molar-refractivity contribution in [1.29, 1.82) is 0 Å². The molecule has 29 heavy (non-hydrogen) atoms. The number of rotatable bonds is 4. The van der Waals surface area contributed by atoms with E-state index in [9.17, 15) is 4.79 Å². The molecule has 0 saturated carbocycles. The molecule has 0 aliphatic carbocycles. The minimum Gasteiger partial charge on any atom is -0.337 e. The summed E-state index contributed by atoms with van der Waals surface area (Å²) >= 11 is 0. The molecule has 0 radical (unpaired) electrons. The van der Waals surface area contributed by atoms with Gasteiger partial charge in [0.2, 0.25) is 0 Å². The summed E-state index contributed by atoms with van der Waals surface area (Å²) in [6.07, 6.45) is 4.63. The van der Waals surface area contributed by atoms with Gasteiger partial charge in [-0.2, -0.15) is 0 Å². The third kappa shape index (κ3) is 4.70. The molecule has 0 N–H and O–H groups in total. The predicted molar refractivity (Wildman–Crippen MR) is 115 cm³/mol. The summed E-state index contributed by atoms with van der Waals surface area (Å²) in [6, 6.07) is 18.5. The van der Waals surface area contributed by atoms with Crippen molar-refractivity contribution in [3.8, 4) is 0 Å². The first-order chi connectivity index (χ1) is 14.1. The molecule has 3 heterocycles. The molecule has 0 bridgehead atoms. The van der Waals surface area contributed by atoms with E-state index in [1.54, 1.807) is 12.3 Å². The van der Waals surface area contributed by atoms with E-state index >= 15 is 0 Å². The molecule has 3 aromatic rings. The van der Waals surface area contributed by atoms with E-state index in [0.29, 0.717) is 12.2 Å². The number of pyridine rings is 2. The Morgan fingerprint density at radius 3 is 2.76 bits per heavy atom. The fraction of sp³-hybridized carbons (Fsp3) is 0.320. The fourth-order valence-corrected chi connectivity index (χ4v) is 4.19. The largest absolute Gasteiger partial charge is 0.337 e. The molecular formula is C25H27N3O. The van der Waals surface area contributed by atoms with Gasteiger partial charge in [0.1, 0.15) is 5.69 Å². The summed E-state index contributed by atoms with van der Waals surface area (Å²) in [5.41, 5.74) is 6.54. The lowest BCUT2D eigenvalue weighted by molar-refractivity contribution is 0.0700. The molecule has 1 aromatic carbocycles. The smallest absolute Gasteiger partial charge is 0.272 e. The van der Waals surface area contributed by atoms with Gasteiger partial charge in [0.05, 0.1) is 0 Å². The van der Waals surface area contributed by atoms with Crippen LogP contribution < -0.4 is 0 Å². The first kappa shape index (κ1) is 19.3. The maximum atomic E-state index is 12.8. The summed E-state index contributed by atoms with van der Waals surface area (Å²) in [7, 11) is 0. The monoisotopic (exact) mass is 385 g/mol. The van der Waals surface area contributed by atoms with Crippen LogP contribution in [-0.2, 0) is 6.42 Å². The van der Waals surface area contributed by atoms with Gasteiger partial charge >= 0.3 is 0 Å². The molecule has 0 spiro atoms. The zero-order chi connectivity index (χ0) is 20.2.